The summed E-state index contributed by atoms with van der Waals surface area (Å²) in [4.78, 5) is 37.4. The maximum Gasteiger partial charge on any atom is 0.239 e. The van der Waals surface area contributed by atoms with Gasteiger partial charge in [-0.3, -0.25) is 19.3 Å². The number of ether oxygens (including phenoxy) is 1. The fraction of sp³-hybridized carbons (Fsp3) is 0.471. The van der Waals surface area contributed by atoms with Gasteiger partial charge in [-0.05, 0) is 17.7 Å². The highest BCUT2D eigenvalue weighted by molar-refractivity contribution is 5.90. The Morgan fingerprint density at radius 3 is 2.88 bits per heavy atom. The predicted octanol–water partition coefficient (Wildman–Crippen LogP) is -0.752. The van der Waals surface area contributed by atoms with E-state index in [0.717, 1.165) is 11.3 Å². The SMILES string of the molecule is CNC(=O)CNC(=O)C[C@H]1C(=O)NCCN1Cc1cccc(OC)c1. The summed E-state index contributed by atoms with van der Waals surface area (Å²) in [6.07, 6.45) is 0.00674. The molecule has 3 amide bonds. The molecule has 136 valence electrons. The normalized spacial score (nSPS) is 17.5. The fourth-order valence-electron chi connectivity index (χ4n) is 2.69. The Morgan fingerprint density at radius 2 is 2.16 bits per heavy atom. The van der Waals surface area contributed by atoms with E-state index in [1.165, 1.54) is 7.05 Å². The third-order valence-corrected chi connectivity index (χ3v) is 4.07. The maximum absolute atomic E-state index is 12.2. The molecule has 0 unspecified atom stereocenters. The highest BCUT2D eigenvalue weighted by Gasteiger charge is 2.31. The number of amides is 3. The summed E-state index contributed by atoms with van der Waals surface area (Å²) < 4.78 is 5.22. The van der Waals surface area contributed by atoms with Crippen molar-refractivity contribution in [3.05, 3.63) is 29.8 Å². The zero-order chi connectivity index (χ0) is 18.2. The van der Waals surface area contributed by atoms with E-state index in [2.05, 4.69) is 16.0 Å². The van der Waals surface area contributed by atoms with Crippen molar-refractivity contribution in [3.63, 3.8) is 0 Å². The molecule has 1 fully saturated rings. The van der Waals surface area contributed by atoms with Crippen molar-refractivity contribution in [2.75, 3.05) is 33.8 Å². The molecule has 1 aromatic carbocycles. The van der Waals surface area contributed by atoms with Gasteiger partial charge in [-0.1, -0.05) is 12.1 Å². The molecule has 0 saturated carbocycles. The van der Waals surface area contributed by atoms with Crippen LogP contribution in [0.25, 0.3) is 0 Å². The van der Waals surface area contributed by atoms with Gasteiger partial charge in [0, 0.05) is 26.7 Å². The third kappa shape index (κ3) is 5.46. The Hall–Kier alpha value is -2.61. The molecule has 1 aliphatic rings. The minimum absolute atomic E-state index is 0.00674. The van der Waals surface area contributed by atoms with Crippen molar-refractivity contribution >= 4 is 17.7 Å². The molecule has 8 nitrogen and oxygen atoms in total. The number of methoxy groups -OCH3 is 1. The smallest absolute Gasteiger partial charge is 0.239 e. The molecule has 1 aromatic rings. The van der Waals surface area contributed by atoms with Crippen molar-refractivity contribution in [3.8, 4) is 5.75 Å². The highest BCUT2D eigenvalue weighted by Crippen LogP contribution is 2.17. The van der Waals surface area contributed by atoms with Gasteiger partial charge in [0.1, 0.15) is 5.75 Å². The number of rotatable bonds is 7. The molecule has 8 heteroatoms. The van der Waals surface area contributed by atoms with Gasteiger partial charge >= 0.3 is 0 Å². The van der Waals surface area contributed by atoms with Gasteiger partial charge in [-0.2, -0.15) is 0 Å². The number of carbonyl (C=O) groups excluding carboxylic acids is 3. The van der Waals surface area contributed by atoms with E-state index in [-0.39, 0.29) is 30.7 Å². The largest absolute Gasteiger partial charge is 0.497 e. The number of piperazine rings is 1. The molecule has 1 atom stereocenters. The maximum atomic E-state index is 12.2. The molecule has 0 radical (unpaired) electrons. The molecular weight excluding hydrogens is 324 g/mol. The number of benzene rings is 1. The van der Waals surface area contributed by atoms with Crippen LogP contribution in [0, 0.1) is 0 Å². The molecule has 1 aliphatic heterocycles. The predicted molar refractivity (Wildman–Crippen MR) is 91.9 cm³/mol. The van der Waals surface area contributed by atoms with Crippen molar-refractivity contribution < 1.29 is 19.1 Å². The lowest BCUT2D eigenvalue weighted by Crippen LogP contribution is -2.56. The van der Waals surface area contributed by atoms with Crippen LogP contribution in [0.15, 0.2) is 24.3 Å². The molecule has 0 aliphatic carbocycles. The summed E-state index contributed by atoms with van der Waals surface area (Å²) in [5, 5.41) is 7.74. The lowest BCUT2D eigenvalue weighted by Gasteiger charge is -2.34. The van der Waals surface area contributed by atoms with E-state index >= 15 is 0 Å². The Bertz CT molecular complexity index is 635. The van der Waals surface area contributed by atoms with E-state index in [1.807, 2.05) is 29.2 Å². The highest BCUT2D eigenvalue weighted by atomic mass is 16.5. The average molecular weight is 348 g/mol. The Balaban J connectivity index is 2.00. The Morgan fingerprint density at radius 1 is 1.36 bits per heavy atom. The lowest BCUT2D eigenvalue weighted by atomic mass is 10.1. The molecule has 0 spiro atoms. The fourth-order valence-corrected chi connectivity index (χ4v) is 2.69. The molecule has 25 heavy (non-hydrogen) atoms. The summed E-state index contributed by atoms with van der Waals surface area (Å²) in [5.41, 5.74) is 1.00. The summed E-state index contributed by atoms with van der Waals surface area (Å²) >= 11 is 0. The van der Waals surface area contributed by atoms with Gasteiger partial charge in [0.25, 0.3) is 0 Å². The van der Waals surface area contributed by atoms with Gasteiger partial charge in [-0.15, -0.1) is 0 Å². The quantitative estimate of drug-likeness (QED) is 0.602. The summed E-state index contributed by atoms with van der Waals surface area (Å²) in [6, 6.07) is 7.05. The zero-order valence-corrected chi connectivity index (χ0v) is 14.5. The van der Waals surface area contributed by atoms with Crippen LogP contribution in [0.4, 0.5) is 0 Å². The number of carbonyl (C=O) groups is 3. The van der Waals surface area contributed by atoms with Crippen LogP contribution >= 0.6 is 0 Å². The van der Waals surface area contributed by atoms with Crippen molar-refractivity contribution in [1.29, 1.82) is 0 Å². The Kier molecular flexibility index (Phi) is 6.76. The molecule has 1 saturated heterocycles. The number of hydrogen-bond acceptors (Lipinski definition) is 5. The standard InChI is InChI=1S/C17H24N4O4/c1-18-16(23)10-20-15(22)9-14-17(24)19-6-7-21(14)11-12-4-3-5-13(8-12)25-2/h3-5,8,14H,6-7,9-11H2,1-2H3,(H,18,23)(H,19,24)(H,20,22)/t14-/m0/s1. The number of hydrogen-bond donors (Lipinski definition) is 3. The first kappa shape index (κ1) is 18.7. The van der Waals surface area contributed by atoms with Crippen LogP contribution < -0.4 is 20.7 Å². The molecule has 3 N–H and O–H groups in total. The van der Waals surface area contributed by atoms with Crippen LogP contribution in [-0.4, -0.2) is 62.5 Å². The van der Waals surface area contributed by atoms with Gasteiger partial charge in [0.2, 0.25) is 17.7 Å². The Labute approximate surface area is 146 Å². The van der Waals surface area contributed by atoms with E-state index < -0.39 is 6.04 Å². The zero-order valence-electron chi connectivity index (χ0n) is 14.5. The van der Waals surface area contributed by atoms with Crippen LogP contribution in [0.5, 0.6) is 5.75 Å². The van der Waals surface area contributed by atoms with E-state index in [4.69, 9.17) is 4.74 Å². The van der Waals surface area contributed by atoms with Crippen LogP contribution in [0.1, 0.15) is 12.0 Å². The van der Waals surface area contributed by atoms with E-state index in [0.29, 0.717) is 19.6 Å². The van der Waals surface area contributed by atoms with Gasteiger partial charge in [0.05, 0.1) is 26.1 Å². The summed E-state index contributed by atoms with van der Waals surface area (Å²) in [6.45, 7) is 1.63. The topological polar surface area (TPSA) is 99.8 Å². The van der Waals surface area contributed by atoms with Crippen LogP contribution in [-0.2, 0) is 20.9 Å². The molecule has 1 heterocycles. The second-order valence-corrected chi connectivity index (χ2v) is 5.78. The monoisotopic (exact) mass is 348 g/mol. The van der Waals surface area contributed by atoms with E-state index in [9.17, 15) is 14.4 Å². The minimum atomic E-state index is -0.565. The second-order valence-electron chi connectivity index (χ2n) is 5.78. The second kappa shape index (κ2) is 9.03. The first-order valence-corrected chi connectivity index (χ1v) is 8.15. The van der Waals surface area contributed by atoms with Crippen molar-refractivity contribution in [2.24, 2.45) is 0 Å². The van der Waals surface area contributed by atoms with Crippen molar-refractivity contribution in [1.82, 2.24) is 20.9 Å². The van der Waals surface area contributed by atoms with Gasteiger partial charge in [0.15, 0.2) is 0 Å². The van der Waals surface area contributed by atoms with Crippen LogP contribution in [0.2, 0.25) is 0 Å². The van der Waals surface area contributed by atoms with Crippen LogP contribution in [0.3, 0.4) is 0 Å². The minimum Gasteiger partial charge on any atom is -0.497 e. The van der Waals surface area contributed by atoms with Gasteiger partial charge < -0.3 is 20.7 Å². The number of nitrogens with one attached hydrogen (secondary N) is 3. The van der Waals surface area contributed by atoms with Crippen molar-refractivity contribution in [2.45, 2.75) is 19.0 Å². The summed E-state index contributed by atoms with van der Waals surface area (Å²) in [5.74, 6) is -0.0426. The van der Waals surface area contributed by atoms with Gasteiger partial charge in [-0.25, -0.2) is 0 Å². The molecular formula is C17H24N4O4. The molecule has 0 bridgehead atoms. The summed E-state index contributed by atoms with van der Waals surface area (Å²) in [7, 11) is 3.10. The number of likely N-dealkylation sites (N-methyl/N-ethyl adjacent to an activating group) is 1. The first-order chi connectivity index (χ1) is 12.0. The average Bonchev–Trinajstić information content (AvgIpc) is 2.62. The number of nitrogens with zero attached hydrogens (tertiary/aromatic N) is 1. The third-order valence-electron chi connectivity index (χ3n) is 4.07. The first-order valence-electron chi connectivity index (χ1n) is 8.15. The molecule has 0 aromatic heterocycles. The molecule has 2 rings (SSSR count). The van der Waals surface area contributed by atoms with E-state index in [1.54, 1.807) is 7.11 Å². The lowest BCUT2D eigenvalue weighted by molar-refractivity contribution is -0.134.